The van der Waals surface area contributed by atoms with Gasteiger partial charge in [-0.2, -0.15) is 0 Å². The van der Waals surface area contributed by atoms with Crippen LogP contribution in [-0.4, -0.2) is 24.5 Å². The Labute approximate surface area is 357 Å². The first-order chi connectivity index (χ1) is 30.7. The van der Waals surface area contributed by atoms with Gasteiger partial charge in [-0.15, -0.1) is 0 Å². The molecular formula is C56H35N5O. The van der Waals surface area contributed by atoms with Crippen LogP contribution in [0.25, 0.3) is 117 Å². The second-order valence-electron chi connectivity index (χ2n) is 15.4. The van der Waals surface area contributed by atoms with Crippen LogP contribution >= 0.6 is 0 Å². The van der Waals surface area contributed by atoms with Crippen molar-refractivity contribution in [3.05, 3.63) is 212 Å². The standard InChI is InChI=1S/C56H35N5O/c1-5-17-36(18-6-1)42-25-13-14-26-43(42)40-32-48(56-59-54(37-19-7-2-8-20-37)58-55(60-56)38-21-9-3-10-22-38)53(57-35-40)39-29-30-51-46(31-39)47-33-45-44-27-15-16-28-49(44)61(41-23-11-4-12-24-41)50(45)34-52(47)62-51/h1-35H. The quantitative estimate of drug-likeness (QED) is 0.161. The summed E-state index contributed by atoms with van der Waals surface area (Å²) in [6.07, 6.45) is 1.97. The SMILES string of the molecule is c1ccc(-c2nc(-c3ccccc3)nc(-c3cc(-c4ccccc4-c4ccccc4)cnc3-c3ccc4oc5cc6c(cc5c4c3)c3ccccc3n6-c3ccccc3)n2)cc1. The van der Waals surface area contributed by atoms with Gasteiger partial charge in [0.05, 0.1) is 16.7 Å². The van der Waals surface area contributed by atoms with Crippen molar-refractivity contribution < 1.29 is 4.42 Å². The zero-order valence-electron chi connectivity index (χ0n) is 33.4. The average molecular weight is 794 g/mol. The molecule has 4 aromatic heterocycles. The van der Waals surface area contributed by atoms with Crippen molar-refractivity contribution in [2.75, 3.05) is 0 Å². The summed E-state index contributed by atoms with van der Waals surface area (Å²) in [4.78, 5) is 20.7. The van der Waals surface area contributed by atoms with Gasteiger partial charge in [0.2, 0.25) is 0 Å². The summed E-state index contributed by atoms with van der Waals surface area (Å²) >= 11 is 0. The first kappa shape index (κ1) is 35.5. The number of nitrogens with zero attached hydrogens (tertiary/aromatic N) is 5. The molecule has 0 N–H and O–H groups in total. The Balaban J connectivity index is 1.09. The Kier molecular flexibility index (Phi) is 8.38. The van der Waals surface area contributed by atoms with E-state index in [2.05, 4.69) is 144 Å². The summed E-state index contributed by atoms with van der Waals surface area (Å²) in [5.74, 6) is 1.71. The minimum Gasteiger partial charge on any atom is -0.456 e. The molecule has 0 aliphatic rings. The molecule has 0 saturated carbocycles. The highest BCUT2D eigenvalue weighted by molar-refractivity contribution is 6.17. The molecule has 0 atom stereocenters. The van der Waals surface area contributed by atoms with Crippen LogP contribution in [0.4, 0.5) is 0 Å². The van der Waals surface area contributed by atoms with Crippen LogP contribution in [0.1, 0.15) is 0 Å². The topological polar surface area (TPSA) is 69.6 Å². The predicted molar refractivity (Wildman–Crippen MR) is 252 cm³/mol. The first-order valence-corrected chi connectivity index (χ1v) is 20.7. The van der Waals surface area contributed by atoms with Gasteiger partial charge in [-0.1, -0.05) is 152 Å². The maximum atomic E-state index is 6.65. The van der Waals surface area contributed by atoms with E-state index in [9.17, 15) is 0 Å². The molecule has 12 rings (SSSR count). The molecule has 0 bridgehead atoms. The van der Waals surface area contributed by atoms with Crippen molar-refractivity contribution in [1.82, 2.24) is 24.5 Å². The third-order valence-electron chi connectivity index (χ3n) is 11.7. The lowest BCUT2D eigenvalue weighted by molar-refractivity contribution is 0.669. The molecule has 6 heteroatoms. The van der Waals surface area contributed by atoms with Gasteiger partial charge in [0.1, 0.15) is 11.2 Å². The zero-order chi connectivity index (χ0) is 41.0. The number of aromatic nitrogens is 5. The fourth-order valence-electron chi connectivity index (χ4n) is 8.79. The van der Waals surface area contributed by atoms with Crippen LogP contribution in [0.5, 0.6) is 0 Å². The summed E-state index contributed by atoms with van der Waals surface area (Å²) in [5, 5.41) is 4.40. The molecular weight excluding hydrogens is 759 g/mol. The molecule has 0 unspecified atom stereocenters. The van der Waals surface area contributed by atoms with Gasteiger partial charge in [0, 0.05) is 67.3 Å². The van der Waals surface area contributed by atoms with Gasteiger partial charge in [-0.3, -0.25) is 4.98 Å². The van der Waals surface area contributed by atoms with E-state index in [1.54, 1.807) is 0 Å². The maximum absolute atomic E-state index is 6.65. The van der Waals surface area contributed by atoms with E-state index in [4.69, 9.17) is 24.4 Å². The van der Waals surface area contributed by atoms with Gasteiger partial charge in [-0.25, -0.2) is 15.0 Å². The molecule has 62 heavy (non-hydrogen) atoms. The molecule has 8 aromatic carbocycles. The van der Waals surface area contributed by atoms with Gasteiger partial charge in [0.25, 0.3) is 0 Å². The highest BCUT2D eigenvalue weighted by atomic mass is 16.3. The van der Waals surface area contributed by atoms with Crippen LogP contribution in [-0.2, 0) is 0 Å². The highest BCUT2D eigenvalue weighted by Gasteiger charge is 2.21. The third-order valence-corrected chi connectivity index (χ3v) is 11.7. The molecule has 0 aliphatic carbocycles. The second kappa shape index (κ2) is 14.7. The highest BCUT2D eigenvalue weighted by Crippen LogP contribution is 2.42. The number of hydrogen-bond donors (Lipinski definition) is 0. The summed E-state index contributed by atoms with van der Waals surface area (Å²) in [6, 6.07) is 71.2. The Morgan fingerprint density at radius 2 is 0.903 bits per heavy atom. The Bertz CT molecular complexity index is 3560. The van der Waals surface area contributed by atoms with Crippen molar-refractivity contribution >= 4 is 43.7 Å². The lowest BCUT2D eigenvalue weighted by Gasteiger charge is -2.15. The lowest BCUT2D eigenvalue weighted by atomic mass is 9.93. The monoisotopic (exact) mass is 793 g/mol. The minimum atomic E-state index is 0.534. The number of fused-ring (bicyclic) bond motifs is 6. The lowest BCUT2D eigenvalue weighted by Crippen LogP contribution is -2.02. The van der Waals surface area contributed by atoms with Gasteiger partial charge >= 0.3 is 0 Å². The van der Waals surface area contributed by atoms with Crippen LogP contribution in [0.3, 0.4) is 0 Å². The van der Waals surface area contributed by atoms with E-state index in [-0.39, 0.29) is 0 Å². The number of pyridine rings is 1. The summed E-state index contributed by atoms with van der Waals surface area (Å²) < 4.78 is 8.97. The molecule has 12 aromatic rings. The fourth-order valence-corrected chi connectivity index (χ4v) is 8.79. The molecule has 6 nitrogen and oxygen atoms in total. The van der Waals surface area contributed by atoms with Crippen LogP contribution in [0, 0.1) is 0 Å². The summed E-state index contributed by atoms with van der Waals surface area (Å²) in [7, 11) is 0. The Morgan fingerprint density at radius 3 is 1.60 bits per heavy atom. The second-order valence-corrected chi connectivity index (χ2v) is 15.4. The van der Waals surface area contributed by atoms with E-state index >= 15 is 0 Å². The van der Waals surface area contributed by atoms with E-state index < -0.39 is 0 Å². The Morgan fingerprint density at radius 1 is 0.339 bits per heavy atom. The number of furan rings is 1. The zero-order valence-corrected chi connectivity index (χ0v) is 33.4. The number of para-hydroxylation sites is 2. The number of rotatable bonds is 7. The Hall–Kier alpha value is -8.48. The van der Waals surface area contributed by atoms with Crippen LogP contribution < -0.4 is 0 Å². The maximum Gasteiger partial charge on any atom is 0.166 e. The minimum absolute atomic E-state index is 0.534. The van der Waals surface area contributed by atoms with Crippen molar-refractivity contribution in [3.8, 4) is 73.4 Å². The van der Waals surface area contributed by atoms with E-state index in [1.807, 2.05) is 72.9 Å². The van der Waals surface area contributed by atoms with Gasteiger partial charge in [0.15, 0.2) is 17.5 Å². The summed E-state index contributed by atoms with van der Waals surface area (Å²) in [5.41, 5.74) is 13.5. The number of hydrogen-bond acceptors (Lipinski definition) is 5. The van der Waals surface area contributed by atoms with Gasteiger partial charge < -0.3 is 8.98 Å². The molecule has 0 radical (unpaired) electrons. The average Bonchev–Trinajstić information content (AvgIpc) is 3.88. The van der Waals surface area contributed by atoms with E-state index in [0.717, 1.165) is 94.2 Å². The smallest absolute Gasteiger partial charge is 0.166 e. The summed E-state index contributed by atoms with van der Waals surface area (Å²) in [6.45, 7) is 0. The van der Waals surface area contributed by atoms with Gasteiger partial charge in [-0.05, 0) is 65.2 Å². The molecule has 0 aliphatic heterocycles. The van der Waals surface area contributed by atoms with Crippen molar-refractivity contribution in [2.45, 2.75) is 0 Å². The molecule has 0 fully saturated rings. The molecule has 290 valence electrons. The van der Waals surface area contributed by atoms with Crippen molar-refractivity contribution in [1.29, 1.82) is 0 Å². The van der Waals surface area contributed by atoms with E-state index in [1.165, 1.54) is 5.39 Å². The molecule has 0 saturated heterocycles. The number of benzene rings is 8. The van der Waals surface area contributed by atoms with E-state index in [0.29, 0.717) is 17.5 Å². The third kappa shape index (κ3) is 6.04. The van der Waals surface area contributed by atoms with Crippen LogP contribution in [0.2, 0.25) is 0 Å². The first-order valence-electron chi connectivity index (χ1n) is 20.7. The normalized spacial score (nSPS) is 11.5. The van der Waals surface area contributed by atoms with Crippen molar-refractivity contribution in [2.24, 2.45) is 0 Å². The fraction of sp³-hybridized carbons (Fsp3) is 0. The molecule has 4 heterocycles. The van der Waals surface area contributed by atoms with Crippen molar-refractivity contribution in [3.63, 3.8) is 0 Å². The predicted octanol–water partition coefficient (Wildman–Crippen LogP) is 14.3. The van der Waals surface area contributed by atoms with Crippen LogP contribution in [0.15, 0.2) is 217 Å². The molecule has 0 spiro atoms. The molecule has 0 amide bonds. The largest absolute Gasteiger partial charge is 0.456 e.